The predicted octanol–water partition coefficient (Wildman–Crippen LogP) is 1.17. The molecule has 1 unspecified atom stereocenters. The van der Waals surface area contributed by atoms with Crippen LogP contribution in [0.2, 0.25) is 0 Å². The highest BCUT2D eigenvalue weighted by Gasteiger charge is 2.55. The van der Waals surface area contributed by atoms with Gasteiger partial charge in [0.15, 0.2) is 0 Å². The molecule has 1 heteroatoms. The highest BCUT2D eigenvalue weighted by atomic mass is 16.3. The molecular formula is C7H12O. The fraction of sp³-hybridized carbons (Fsp3) is 1.00. The van der Waals surface area contributed by atoms with Gasteiger partial charge in [0.1, 0.15) is 0 Å². The van der Waals surface area contributed by atoms with Gasteiger partial charge in [0.2, 0.25) is 0 Å². The van der Waals surface area contributed by atoms with E-state index in [1.807, 2.05) is 0 Å². The van der Waals surface area contributed by atoms with Gasteiger partial charge < -0.3 is 5.11 Å². The molecular weight excluding hydrogens is 100 g/mol. The van der Waals surface area contributed by atoms with Gasteiger partial charge in [-0.05, 0) is 30.6 Å². The van der Waals surface area contributed by atoms with Crippen LogP contribution in [0.15, 0.2) is 0 Å². The molecule has 2 aliphatic carbocycles. The summed E-state index contributed by atoms with van der Waals surface area (Å²) >= 11 is 0. The van der Waals surface area contributed by atoms with Crippen molar-refractivity contribution in [3.8, 4) is 0 Å². The summed E-state index contributed by atoms with van der Waals surface area (Å²) in [6, 6.07) is 0. The lowest BCUT2D eigenvalue weighted by Gasteiger charge is -2.03. The van der Waals surface area contributed by atoms with Crippen molar-refractivity contribution >= 4 is 0 Å². The zero-order valence-electron chi connectivity index (χ0n) is 5.06. The smallest absolute Gasteiger partial charge is 0.0490 e. The minimum Gasteiger partial charge on any atom is -0.396 e. The van der Waals surface area contributed by atoms with E-state index in [2.05, 4.69) is 0 Å². The van der Waals surface area contributed by atoms with Crippen LogP contribution in [-0.2, 0) is 0 Å². The van der Waals surface area contributed by atoms with Crippen molar-refractivity contribution in [2.45, 2.75) is 25.7 Å². The van der Waals surface area contributed by atoms with Crippen LogP contribution in [0, 0.1) is 11.3 Å². The summed E-state index contributed by atoms with van der Waals surface area (Å²) in [5.41, 5.74) is 0.458. The van der Waals surface area contributed by atoms with Gasteiger partial charge >= 0.3 is 0 Å². The van der Waals surface area contributed by atoms with Gasteiger partial charge in [0.05, 0.1) is 0 Å². The van der Waals surface area contributed by atoms with Gasteiger partial charge in [-0.15, -0.1) is 0 Å². The molecule has 0 heterocycles. The minimum atomic E-state index is 0.456. The largest absolute Gasteiger partial charge is 0.396 e. The average molecular weight is 112 g/mol. The summed E-state index contributed by atoms with van der Waals surface area (Å²) in [5, 5.41) is 8.87. The van der Waals surface area contributed by atoms with Crippen LogP contribution >= 0.6 is 0 Å². The van der Waals surface area contributed by atoms with Crippen LogP contribution in [0.5, 0.6) is 0 Å². The van der Waals surface area contributed by atoms with E-state index in [0.717, 1.165) is 5.92 Å². The molecule has 8 heavy (non-hydrogen) atoms. The number of rotatable bonds is 1. The second-order valence-electron chi connectivity index (χ2n) is 3.31. The van der Waals surface area contributed by atoms with Crippen molar-refractivity contribution in [1.82, 2.24) is 0 Å². The summed E-state index contributed by atoms with van der Waals surface area (Å²) < 4.78 is 0. The SMILES string of the molecule is OC[C@@]12CCCC1C2. The fourth-order valence-corrected chi connectivity index (χ4v) is 2.12. The summed E-state index contributed by atoms with van der Waals surface area (Å²) in [6.45, 7) is 0.456. The lowest BCUT2D eigenvalue weighted by atomic mass is 10.1. The van der Waals surface area contributed by atoms with Crippen molar-refractivity contribution in [1.29, 1.82) is 0 Å². The molecule has 0 aromatic rings. The van der Waals surface area contributed by atoms with E-state index in [4.69, 9.17) is 5.11 Å². The van der Waals surface area contributed by atoms with E-state index in [9.17, 15) is 0 Å². The van der Waals surface area contributed by atoms with E-state index in [1.165, 1.54) is 25.7 Å². The molecule has 2 fully saturated rings. The molecule has 2 saturated carbocycles. The van der Waals surface area contributed by atoms with Gasteiger partial charge in [-0.3, -0.25) is 0 Å². The van der Waals surface area contributed by atoms with Crippen molar-refractivity contribution in [2.24, 2.45) is 11.3 Å². The molecule has 0 radical (unpaired) electrons. The lowest BCUT2D eigenvalue weighted by Crippen LogP contribution is -2.03. The van der Waals surface area contributed by atoms with Gasteiger partial charge in [0.25, 0.3) is 0 Å². The third kappa shape index (κ3) is 0.408. The number of hydrogen-bond donors (Lipinski definition) is 1. The molecule has 0 aromatic heterocycles. The zero-order chi connectivity index (χ0) is 5.61. The first-order valence-electron chi connectivity index (χ1n) is 3.48. The first kappa shape index (κ1) is 4.80. The van der Waals surface area contributed by atoms with Gasteiger partial charge in [-0.1, -0.05) is 6.42 Å². The Balaban J connectivity index is 2.08. The first-order valence-corrected chi connectivity index (χ1v) is 3.48. The van der Waals surface area contributed by atoms with E-state index in [-0.39, 0.29) is 0 Å². The number of aliphatic hydroxyl groups excluding tert-OH is 1. The van der Waals surface area contributed by atoms with Gasteiger partial charge in [-0.25, -0.2) is 0 Å². The number of hydrogen-bond acceptors (Lipinski definition) is 1. The summed E-state index contributed by atoms with van der Waals surface area (Å²) in [4.78, 5) is 0. The maximum Gasteiger partial charge on any atom is 0.0490 e. The maximum absolute atomic E-state index is 8.87. The van der Waals surface area contributed by atoms with Gasteiger partial charge in [-0.2, -0.15) is 0 Å². The molecule has 0 saturated heterocycles. The van der Waals surface area contributed by atoms with E-state index in [1.54, 1.807) is 0 Å². The predicted molar refractivity (Wildman–Crippen MR) is 31.5 cm³/mol. The Bertz CT molecular complexity index is 107. The van der Waals surface area contributed by atoms with Crippen LogP contribution < -0.4 is 0 Å². The summed E-state index contributed by atoms with van der Waals surface area (Å²) in [5.74, 6) is 0.924. The Morgan fingerprint density at radius 2 is 2.50 bits per heavy atom. The Labute approximate surface area is 49.7 Å². The van der Waals surface area contributed by atoms with Crippen molar-refractivity contribution < 1.29 is 5.11 Å². The average Bonchev–Trinajstić information content (AvgIpc) is 2.38. The molecule has 0 spiro atoms. The van der Waals surface area contributed by atoms with Crippen LogP contribution in [0.4, 0.5) is 0 Å². The molecule has 46 valence electrons. The lowest BCUT2D eigenvalue weighted by molar-refractivity contribution is 0.205. The third-order valence-corrected chi connectivity index (χ3v) is 2.90. The van der Waals surface area contributed by atoms with Crippen molar-refractivity contribution in [3.05, 3.63) is 0 Å². The molecule has 2 aliphatic rings. The third-order valence-electron chi connectivity index (χ3n) is 2.90. The van der Waals surface area contributed by atoms with E-state index >= 15 is 0 Å². The summed E-state index contributed by atoms with van der Waals surface area (Å²) in [7, 11) is 0. The monoisotopic (exact) mass is 112 g/mol. The first-order chi connectivity index (χ1) is 3.87. The fourth-order valence-electron chi connectivity index (χ4n) is 2.12. The standard InChI is InChI=1S/C7H12O/c8-5-7-3-1-2-6(7)4-7/h6,8H,1-5H2/t6?,7-/m0/s1. The Hall–Kier alpha value is -0.0400. The van der Waals surface area contributed by atoms with E-state index < -0.39 is 0 Å². The molecule has 2 atom stereocenters. The van der Waals surface area contributed by atoms with Crippen LogP contribution in [0.3, 0.4) is 0 Å². The Morgan fingerprint density at radius 1 is 1.62 bits per heavy atom. The van der Waals surface area contributed by atoms with Gasteiger partial charge in [0, 0.05) is 6.61 Å². The minimum absolute atomic E-state index is 0.456. The molecule has 0 aromatic carbocycles. The second kappa shape index (κ2) is 1.27. The molecule has 2 rings (SSSR count). The van der Waals surface area contributed by atoms with Crippen LogP contribution in [-0.4, -0.2) is 11.7 Å². The maximum atomic E-state index is 8.87. The van der Waals surface area contributed by atoms with Crippen molar-refractivity contribution in [2.75, 3.05) is 6.61 Å². The van der Waals surface area contributed by atoms with Crippen LogP contribution in [0.1, 0.15) is 25.7 Å². The molecule has 0 aliphatic heterocycles. The summed E-state index contributed by atoms with van der Waals surface area (Å²) in [6.07, 6.45) is 5.38. The highest BCUT2D eigenvalue weighted by molar-refractivity contribution is 5.05. The molecule has 1 N–H and O–H groups in total. The van der Waals surface area contributed by atoms with Crippen molar-refractivity contribution in [3.63, 3.8) is 0 Å². The van der Waals surface area contributed by atoms with Crippen LogP contribution in [0.25, 0.3) is 0 Å². The Kier molecular flexibility index (Phi) is 0.762. The highest BCUT2D eigenvalue weighted by Crippen LogP contribution is 2.62. The number of fused-ring (bicyclic) bond motifs is 1. The van der Waals surface area contributed by atoms with E-state index in [0.29, 0.717) is 12.0 Å². The topological polar surface area (TPSA) is 20.2 Å². The normalized spacial score (nSPS) is 51.4. The Morgan fingerprint density at radius 3 is 2.75 bits per heavy atom. The zero-order valence-corrected chi connectivity index (χ0v) is 5.06. The quantitative estimate of drug-likeness (QED) is 0.540. The molecule has 1 nitrogen and oxygen atoms in total. The second-order valence-corrected chi connectivity index (χ2v) is 3.31. The number of aliphatic hydroxyl groups is 1. The molecule has 0 bridgehead atoms. The molecule has 0 amide bonds.